The second-order valence-corrected chi connectivity index (χ2v) is 5.08. The molecule has 0 bridgehead atoms. The monoisotopic (exact) mass is 308 g/mol. The second-order valence-electron chi connectivity index (χ2n) is 4.16. The molecule has 0 saturated heterocycles. The maximum atomic E-state index is 13.5. The van der Waals surface area contributed by atoms with Crippen molar-refractivity contribution in [2.24, 2.45) is 0 Å². The van der Waals surface area contributed by atoms with E-state index < -0.39 is 5.82 Å². The Hall–Kier alpha value is -1.55. The van der Waals surface area contributed by atoms with Gasteiger partial charge in [-0.1, -0.05) is 28.1 Å². The van der Waals surface area contributed by atoms with Crippen LogP contribution < -0.4 is 10.6 Å². The summed E-state index contributed by atoms with van der Waals surface area (Å²) < 4.78 is 14.5. The Morgan fingerprint density at radius 3 is 2.61 bits per heavy atom. The molecule has 0 atom stereocenters. The van der Waals surface area contributed by atoms with Crippen LogP contribution in [0.4, 0.5) is 21.5 Å². The van der Waals surface area contributed by atoms with Crippen LogP contribution in [0.15, 0.2) is 40.9 Å². The molecule has 2 nitrogen and oxygen atoms in total. The molecule has 2 rings (SSSR count). The predicted molar refractivity (Wildman–Crippen MR) is 77.8 cm³/mol. The van der Waals surface area contributed by atoms with Crippen molar-refractivity contribution in [3.63, 3.8) is 0 Å². The van der Waals surface area contributed by atoms with Crippen LogP contribution in [0.3, 0.4) is 0 Å². The van der Waals surface area contributed by atoms with Crippen molar-refractivity contribution in [2.75, 3.05) is 17.7 Å². The minimum Gasteiger partial charge on any atom is -0.395 e. The van der Waals surface area contributed by atoms with E-state index in [4.69, 9.17) is 5.73 Å². The van der Waals surface area contributed by atoms with Crippen LogP contribution in [0, 0.1) is 12.7 Å². The topological polar surface area (TPSA) is 29.3 Å². The van der Waals surface area contributed by atoms with Crippen molar-refractivity contribution in [2.45, 2.75) is 6.92 Å². The van der Waals surface area contributed by atoms with E-state index >= 15 is 0 Å². The van der Waals surface area contributed by atoms with E-state index in [-0.39, 0.29) is 5.69 Å². The highest BCUT2D eigenvalue weighted by atomic mass is 79.9. The van der Waals surface area contributed by atoms with Crippen molar-refractivity contribution in [1.29, 1.82) is 0 Å². The van der Waals surface area contributed by atoms with Crippen molar-refractivity contribution in [3.8, 4) is 0 Å². The van der Waals surface area contributed by atoms with E-state index in [2.05, 4.69) is 15.9 Å². The van der Waals surface area contributed by atoms with E-state index in [9.17, 15) is 4.39 Å². The van der Waals surface area contributed by atoms with Crippen molar-refractivity contribution >= 4 is 33.0 Å². The number of nitrogens with zero attached hydrogens (tertiary/aromatic N) is 1. The van der Waals surface area contributed by atoms with Gasteiger partial charge in [-0.15, -0.1) is 0 Å². The van der Waals surface area contributed by atoms with E-state index in [1.165, 1.54) is 6.07 Å². The van der Waals surface area contributed by atoms with Gasteiger partial charge in [-0.05, 0) is 36.8 Å². The van der Waals surface area contributed by atoms with Gasteiger partial charge >= 0.3 is 0 Å². The Bertz CT molecular complexity index is 582. The molecule has 0 aromatic heterocycles. The van der Waals surface area contributed by atoms with Gasteiger partial charge in [-0.2, -0.15) is 0 Å². The molecule has 94 valence electrons. The fourth-order valence-electron chi connectivity index (χ4n) is 1.89. The fourth-order valence-corrected chi connectivity index (χ4v) is 2.24. The summed E-state index contributed by atoms with van der Waals surface area (Å²) in [5.74, 6) is -0.396. The molecule has 0 unspecified atom stereocenters. The van der Waals surface area contributed by atoms with Crippen LogP contribution in [0.25, 0.3) is 0 Å². The lowest BCUT2D eigenvalue weighted by Crippen LogP contribution is -2.13. The molecule has 0 aliphatic carbocycles. The molecule has 18 heavy (non-hydrogen) atoms. The largest absolute Gasteiger partial charge is 0.395 e. The number of hydrogen-bond donors (Lipinski definition) is 1. The van der Waals surface area contributed by atoms with Crippen LogP contribution >= 0.6 is 15.9 Å². The highest BCUT2D eigenvalue weighted by Gasteiger charge is 2.12. The van der Waals surface area contributed by atoms with Gasteiger partial charge in [0, 0.05) is 17.2 Å². The lowest BCUT2D eigenvalue weighted by molar-refractivity contribution is 0.632. The first-order valence-electron chi connectivity index (χ1n) is 5.54. The summed E-state index contributed by atoms with van der Waals surface area (Å²) in [5.41, 5.74) is 8.70. The minimum atomic E-state index is -0.396. The quantitative estimate of drug-likeness (QED) is 0.841. The Labute approximate surface area is 114 Å². The molecular formula is C14H14BrFN2. The van der Waals surface area contributed by atoms with Gasteiger partial charge in [-0.25, -0.2) is 4.39 Å². The summed E-state index contributed by atoms with van der Waals surface area (Å²) in [6, 6.07) is 10.8. The third-order valence-corrected chi connectivity index (χ3v) is 3.42. The van der Waals surface area contributed by atoms with Crippen molar-refractivity contribution < 1.29 is 4.39 Å². The van der Waals surface area contributed by atoms with E-state index in [1.807, 2.05) is 37.1 Å². The first-order valence-corrected chi connectivity index (χ1v) is 6.34. The molecule has 2 aromatic carbocycles. The summed E-state index contributed by atoms with van der Waals surface area (Å²) in [7, 11) is 1.87. The molecule has 0 radical (unpaired) electrons. The zero-order valence-corrected chi connectivity index (χ0v) is 11.8. The number of anilines is 3. The summed E-state index contributed by atoms with van der Waals surface area (Å²) in [6.07, 6.45) is 0. The third kappa shape index (κ3) is 2.34. The highest BCUT2D eigenvalue weighted by molar-refractivity contribution is 9.10. The van der Waals surface area contributed by atoms with Crippen LogP contribution in [0.2, 0.25) is 0 Å². The van der Waals surface area contributed by atoms with Gasteiger partial charge in [0.15, 0.2) is 0 Å². The SMILES string of the molecule is Cc1ccc(Br)cc1N(C)c1cccc(F)c1N. The fraction of sp³-hybridized carbons (Fsp3) is 0.143. The molecule has 0 saturated carbocycles. The lowest BCUT2D eigenvalue weighted by Gasteiger charge is -2.23. The third-order valence-electron chi connectivity index (χ3n) is 2.92. The molecule has 0 fully saturated rings. The van der Waals surface area contributed by atoms with Crippen molar-refractivity contribution in [1.82, 2.24) is 0 Å². The van der Waals surface area contributed by atoms with Crippen LogP contribution in [-0.2, 0) is 0 Å². The standard InChI is InChI=1S/C14H14BrFN2/c1-9-6-7-10(15)8-13(9)18(2)12-5-3-4-11(16)14(12)17/h3-8H,17H2,1-2H3. The maximum Gasteiger partial charge on any atom is 0.148 e. The maximum absolute atomic E-state index is 13.5. The highest BCUT2D eigenvalue weighted by Crippen LogP contribution is 2.33. The molecular weight excluding hydrogens is 295 g/mol. The van der Waals surface area contributed by atoms with Gasteiger partial charge in [0.2, 0.25) is 0 Å². The summed E-state index contributed by atoms with van der Waals surface area (Å²) in [4.78, 5) is 1.89. The number of hydrogen-bond acceptors (Lipinski definition) is 2. The normalized spacial score (nSPS) is 10.4. The van der Waals surface area contributed by atoms with Gasteiger partial charge in [0.1, 0.15) is 5.82 Å². The van der Waals surface area contributed by atoms with Crippen LogP contribution in [0.1, 0.15) is 5.56 Å². The number of aryl methyl sites for hydroxylation is 1. The zero-order valence-electron chi connectivity index (χ0n) is 10.2. The first kappa shape index (κ1) is 12.9. The molecule has 0 heterocycles. The van der Waals surface area contributed by atoms with Gasteiger partial charge < -0.3 is 10.6 Å². The smallest absolute Gasteiger partial charge is 0.148 e. The van der Waals surface area contributed by atoms with Gasteiger partial charge in [0.25, 0.3) is 0 Å². The van der Waals surface area contributed by atoms with Gasteiger partial charge in [-0.3, -0.25) is 0 Å². The number of para-hydroxylation sites is 1. The molecule has 0 spiro atoms. The summed E-state index contributed by atoms with van der Waals surface area (Å²) in [6.45, 7) is 2.01. The zero-order chi connectivity index (χ0) is 13.3. The molecule has 0 amide bonds. The number of benzene rings is 2. The second kappa shape index (κ2) is 4.98. The Morgan fingerprint density at radius 1 is 1.17 bits per heavy atom. The molecule has 0 aliphatic heterocycles. The number of rotatable bonds is 2. The Balaban J connectivity index is 2.51. The van der Waals surface area contributed by atoms with Crippen LogP contribution in [-0.4, -0.2) is 7.05 Å². The first-order chi connectivity index (χ1) is 8.50. The predicted octanol–water partition coefficient (Wildman–Crippen LogP) is 4.25. The number of nitrogens with two attached hydrogens (primary N) is 1. The summed E-state index contributed by atoms with van der Waals surface area (Å²) in [5, 5.41) is 0. The molecule has 2 aromatic rings. The van der Waals surface area contributed by atoms with Crippen LogP contribution in [0.5, 0.6) is 0 Å². The van der Waals surface area contributed by atoms with Gasteiger partial charge in [0.05, 0.1) is 11.4 Å². The molecule has 4 heteroatoms. The molecule has 2 N–H and O–H groups in total. The lowest BCUT2D eigenvalue weighted by atomic mass is 10.1. The average molecular weight is 309 g/mol. The van der Waals surface area contributed by atoms with E-state index in [0.29, 0.717) is 5.69 Å². The van der Waals surface area contributed by atoms with Crippen molar-refractivity contribution in [3.05, 3.63) is 52.3 Å². The van der Waals surface area contributed by atoms with E-state index in [0.717, 1.165) is 15.7 Å². The Morgan fingerprint density at radius 2 is 1.89 bits per heavy atom. The Kier molecular flexibility index (Phi) is 3.57. The average Bonchev–Trinajstić information content (AvgIpc) is 2.35. The molecule has 0 aliphatic rings. The van der Waals surface area contributed by atoms with E-state index in [1.54, 1.807) is 12.1 Å². The minimum absolute atomic E-state index is 0.166. The summed E-state index contributed by atoms with van der Waals surface area (Å²) >= 11 is 3.44. The number of halogens is 2. The number of nitrogen functional groups attached to an aromatic ring is 1.